The SMILES string of the molecule is Cc1ccc(S(=O)(=O)N2CCC[C@H](C(=O)Nc3ccc(C)c(F)c3)C2)cc1. The monoisotopic (exact) mass is 390 g/mol. The molecule has 1 heterocycles. The molecule has 144 valence electrons. The minimum Gasteiger partial charge on any atom is -0.326 e. The number of nitrogens with zero attached hydrogens (tertiary/aromatic N) is 1. The molecule has 1 N–H and O–H groups in total. The van der Waals surface area contributed by atoms with E-state index in [0.717, 1.165) is 5.56 Å². The molecule has 5 nitrogen and oxygen atoms in total. The predicted octanol–water partition coefficient (Wildman–Crippen LogP) is 3.48. The molecule has 0 radical (unpaired) electrons. The molecular weight excluding hydrogens is 367 g/mol. The lowest BCUT2D eigenvalue weighted by atomic mass is 9.98. The lowest BCUT2D eigenvalue weighted by molar-refractivity contribution is -0.120. The van der Waals surface area contributed by atoms with Crippen LogP contribution in [-0.4, -0.2) is 31.7 Å². The van der Waals surface area contributed by atoms with Gasteiger partial charge >= 0.3 is 0 Å². The maximum absolute atomic E-state index is 13.7. The number of sulfonamides is 1. The van der Waals surface area contributed by atoms with E-state index in [0.29, 0.717) is 30.6 Å². The third kappa shape index (κ3) is 4.36. The van der Waals surface area contributed by atoms with Crippen molar-refractivity contribution in [3.05, 3.63) is 59.4 Å². The van der Waals surface area contributed by atoms with E-state index in [-0.39, 0.29) is 23.2 Å². The molecule has 1 fully saturated rings. The van der Waals surface area contributed by atoms with Crippen LogP contribution in [0.2, 0.25) is 0 Å². The normalized spacial score (nSPS) is 18.3. The lowest BCUT2D eigenvalue weighted by Gasteiger charge is -2.31. The molecule has 0 spiro atoms. The highest BCUT2D eigenvalue weighted by Gasteiger charge is 2.33. The first-order valence-corrected chi connectivity index (χ1v) is 10.4. The Balaban J connectivity index is 1.72. The van der Waals surface area contributed by atoms with Crippen LogP contribution in [0.4, 0.5) is 10.1 Å². The van der Waals surface area contributed by atoms with Gasteiger partial charge in [0.15, 0.2) is 0 Å². The van der Waals surface area contributed by atoms with Crippen LogP contribution in [0, 0.1) is 25.6 Å². The highest BCUT2D eigenvalue weighted by atomic mass is 32.2. The number of benzene rings is 2. The Bertz CT molecular complexity index is 942. The predicted molar refractivity (Wildman–Crippen MR) is 102 cm³/mol. The molecule has 1 saturated heterocycles. The molecule has 0 aromatic heterocycles. The molecule has 2 aromatic rings. The third-order valence-corrected chi connectivity index (χ3v) is 6.73. The molecule has 1 aliphatic heterocycles. The quantitative estimate of drug-likeness (QED) is 0.869. The molecular formula is C20H23FN2O3S. The van der Waals surface area contributed by atoms with Gasteiger partial charge < -0.3 is 5.32 Å². The zero-order valence-electron chi connectivity index (χ0n) is 15.4. The largest absolute Gasteiger partial charge is 0.326 e. The standard InChI is InChI=1S/C20H23FN2O3S/c1-14-5-9-18(10-6-14)27(25,26)23-11-3-4-16(13-23)20(24)22-17-8-7-15(2)19(21)12-17/h5-10,12,16H,3-4,11,13H2,1-2H3,(H,22,24)/t16-/m0/s1. The number of aryl methyl sites for hydroxylation is 2. The second kappa shape index (κ2) is 7.78. The minimum absolute atomic E-state index is 0.121. The fraction of sp³-hybridized carbons (Fsp3) is 0.350. The summed E-state index contributed by atoms with van der Waals surface area (Å²) in [6.45, 7) is 4.05. The van der Waals surface area contributed by atoms with E-state index >= 15 is 0 Å². The van der Waals surface area contributed by atoms with Gasteiger partial charge in [0.2, 0.25) is 15.9 Å². The van der Waals surface area contributed by atoms with Gasteiger partial charge in [-0.15, -0.1) is 0 Å². The van der Waals surface area contributed by atoms with Crippen LogP contribution in [0.25, 0.3) is 0 Å². The number of piperidine rings is 1. The fourth-order valence-electron chi connectivity index (χ4n) is 3.15. The molecule has 7 heteroatoms. The summed E-state index contributed by atoms with van der Waals surface area (Å²) < 4.78 is 40.7. The average Bonchev–Trinajstić information content (AvgIpc) is 2.65. The molecule has 0 saturated carbocycles. The highest BCUT2D eigenvalue weighted by Crippen LogP contribution is 2.25. The summed E-state index contributed by atoms with van der Waals surface area (Å²) in [5.74, 6) is -1.15. The summed E-state index contributed by atoms with van der Waals surface area (Å²) in [7, 11) is -3.64. The maximum Gasteiger partial charge on any atom is 0.243 e. The summed E-state index contributed by atoms with van der Waals surface area (Å²) in [4.78, 5) is 12.8. The number of amides is 1. The fourth-order valence-corrected chi connectivity index (χ4v) is 4.67. The molecule has 1 atom stereocenters. The third-order valence-electron chi connectivity index (χ3n) is 4.85. The Morgan fingerprint density at radius 3 is 2.52 bits per heavy atom. The maximum atomic E-state index is 13.7. The van der Waals surface area contributed by atoms with Crippen LogP contribution in [0.15, 0.2) is 47.4 Å². The zero-order valence-corrected chi connectivity index (χ0v) is 16.2. The van der Waals surface area contributed by atoms with Gasteiger partial charge in [0.1, 0.15) is 5.82 Å². The Morgan fingerprint density at radius 2 is 1.85 bits per heavy atom. The van der Waals surface area contributed by atoms with Crippen LogP contribution in [-0.2, 0) is 14.8 Å². The summed E-state index contributed by atoms with van der Waals surface area (Å²) in [6.07, 6.45) is 1.20. The van der Waals surface area contributed by atoms with E-state index in [4.69, 9.17) is 0 Å². The smallest absolute Gasteiger partial charge is 0.243 e. The van der Waals surface area contributed by atoms with Crippen molar-refractivity contribution < 1.29 is 17.6 Å². The van der Waals surface area contributed by atoms with Gasteiger partial charge in [0.25, 0.3) is 0 Å². The number of rotatable bonds is 4. The van der Waals surface area contributed by atoms with Crippen LogP contribution in [0.3, 0.4) is 0 Å². The van der Waals surface area contributed by atoms with Gasteiger partial charge in [-0.05, 0) is 56.5 Å². The van der Waals surface area contributed by atoms with Crippen LogP contribution >= 0.6 is 0 Å². The van der Waals surface area contributed by atoms with Gasteiger partial charge in [-0.25, -0.2) is 12.8 Å². The zero-order chi connectivity index (χ0) is 19.6. The molecule has 1 amide bonds. The van der Waals surface area contributed by atoms with Crippen LogP contribution in [0.5, 0.6) is 0 Å². The average molecular weight is 390 g/mol. The number of hydrogen-bond donors (Lipinski definition) is 1. The van der Waals surface area contributed by atoms with Crippen molar-refractivity contribution in [1.82, 2.24) is 4.31 Å². The van der Waals surface area contributed by atoms with Crippen molar-refractivity contribution in [3.8, 4) is 0 Å². The second-order valence-corrected chi connectivity index (χ2v) is 8.91. The number of nitrogens with one attached hydrogen (secondary N) is 1. The summed E-state index contributed by atoms with van der Waals surface area (Å²) >= 11 is 0. The molecule has 27 heavy (non-hydrogen) atoms. The minimum atomic E-state index is -3.64. The van der Waals surface area contributed by atoms with Gasteiger partial charge in [0, 0.05) is 18.8 Å². The first-order chi connectivity index (χ1) is 12.8. The van der Waals surface area contributed by atoms with E-state index in [2.05, 4.69) is 5.32 Å². The van der Waals surface area contributed by atoms with E-state index in [9.17, 15) is 17.6 Å². The number of carbonyl (C=O) groups is 1. The van der Waals surface area contributed by atoms with Crippen molar-refractivity contribution in [2.75, 3.05) is 18.4 Å². The lowest BCUT2D eigenvalue weighted by Crippen LogP contribution is -2.43. The summed E-state index contributed by atoms with van der Waals surface area (Å²) in [5, 5.41) is 2.70. The van der Waals surface area contributed by atoms with Gasteiger partial charge in [-0.2, -0.15) is 4.31 Å². The number of carbonyl (C=O) groups excluding carboxylic acids is 1. The highest BCUT2D eigenvalue weighted by molar-refractivity contribution is 7.89. The topological polar surface area (TPSA) is 66.5 Å². The summed E-state index contributed by atoms with van der Waals surface area (Å²) in [5.41, 5.74) is 1.86. The van der Waals surface area contributed by atoms with Crippen LogP contribution in [0.1, 0.15) is 24.0 Å². The molecule has 2 aromatic carbocycles. The number of anilines is 1. The summed E-state index contributed by atoms with van der Waals surface area (Å²) in [6, 6.07) is 11.2. The van der Waals surface area contributed by atoms with E-state index in [1.165, 1.54) is 10.4 Å². The molecule has 1 aliphatic rings. The van der Waals surface area contributed by atoms with E-state index in [1.807, 2.05) is 6.92 Å². The van der Waals surface area contributed by atoms with Crippen molar-refractivity contribution in [1.29, 1.82) is 0 Å². The molecule has 0 aliphatic carbocycles. The van der Waals surface area contributed by atoms with Crippen molar-refractivity contribution in [2.45, 2.75) is 31.6 Å². The Labute approximate surface area is 159 Å². The Kier molecular flexibility index (Phi) is 5.62. The van der Waals surface area contributed by atoms with E-state index < -0.39 is 15.9 Å². The first kappa shape index (κ1) is 19.5. The van der Waals surface area contributed by atoms with Gasteiger partial charge in [-0.3, -0.25) is 4.79 Å². The molecule has 3 rings (SSSR count). The first-order valence-electron chi connectivity index (χ1n) is 8.91. The van der Waals surface area contributed by atoms with Crippen molar-refractivity contribution in [3.63, 3.8) is 0 Å². The second-order valence-electron chi connectivity index (χ2n) is 6.97. The number of halogens is 1. The number of hydrogen-bond acceptors (Lipinski definition) is 3. The van der Waals surface area contributed by atoms with Gasteiger partial charge in [-0.1, -0.05) is 23.8 Å². The molecule has 0 bridgehead atoms. The van der Waals surface area contributed by atoms with Crippen molar-refractivity contribution >= 4 is 21.6 Å². The molecule has 0 unspecified atom stereocenters. The Hall–Kier alpha value is -2.25. The van der Waals surface area contributed by atoms with Gasteiger partial charge in [0.05, 0.1) is 10.8 Å². The van der Waals surface area contributed by atoms with Crippen LogP contribution < -0.4 is 5.32 Å². The van der Waals surface area contributed by atoms with Crippen molar-refractivity contribution in [2.24, 2.45) is 5.92 Å². The van der Waals surface area contributed by atoms with E-state index in [1.54, 1.807) is 43.3 Å². The Morgan fingerprint density at radius 1 is 1.15 bits per heavy atom.